The third-order valence-electron chi connectivity index (χ3n) is 3.37. The van der Waals surface area contributed by atoms with Crippen LogP contribution in [0.4, 0.5) is 0 Å². The van der Waals surface area contributed by atoms with Crippen LogP contribution >= 0.6 is 0 Å². The van der Waals surface area contributed by atoms with Gasteiger partial charge in [0.1, 0.15) is 5.54 Å². The Morgan fingerprint density at radius 2 is 1.68 bits per heavy atom. The highest BCUT2D eigenvalue weighted by atomic mass is 16.5. The highest BCUT2D eigenvalue weighted by Gasteiger charge is 2.21. The Kier molecular flexibility index (Phi) is 12.1. The predicted molar refractivity (Wildman–Crippen MR) is 81.1 cm³/mol. The van der Waals surface area contributed by atoms with Crippen molar-refractivity contribution < 1.29 is 4.74 Å². The number of hydrogen-bond donors (Lipinski definition) is 1. The normalized spacial score (nSPS) is 14.0. The number of rotatable bonds is 13. The van der Waals surface area contributed by atoms with Crippen molar-refractivity contribution in [3.05, 3.63) is 0 Å². The molecule has 0 aliphatic rings. The van der Waals surface area contributed by atoms with E-state index < -0.39 is 0 Å². The molecular weight excluding hydrogens is 236 g/mol. The Balaban J connectivity index is 3.44. The van der Waals surface area contributed by atoms with Crippen LogP contribution in [0.1, 0.15) is 72.1 Å². The fourth-order valence-corrected chi connectivity index (χ4v) is 2.02. The summed E-state index contributed by atoms with van der Waals surface area (Å²) in [5.41, 5.74) is -0.388. The Hall–Kier alpha value is -0.590. The van der Waals surface area contributed by atoms with Crippen LogP contribution in [0.5, 0.6) is 0 Å². The van der Waals surface area contributed by atoms with Gasteiger partial charge in [-0.1, -0.05) is 39.5 Å². The largest absolute Gasteiger partial charge is 0.381 e. The van der Waals surface area contributed by atoms with Gasteiger partial charge in [0, 0.05) is 13.2 Å². The van der Waals surface area contributed by atoms with E-state index in [9.17, 15) is 5.26 Å². The minimum absolute atomic E-state index is 0.388. The molecular formula is C16H32N2O. The van der Waals surface area contributed by atoms with Crippen LogP contribution in [0.3, 0.4) is 0 Å². The molecule has 0 aliphatic carbocycles. The average molecular weight is 268 g/mol. The van der Waals surface area contributed by atoms with Gasteiger partial charge in [0.15, 0.2) is 0 Å². The molecule has 112 valence electrons. The van der Waals surface area contributed by atoms with E-state index in [-0.39, 0.29) is 5.54 Å². The molecule has 0 amide bonds. The molecule has 0 aromatic heterocycles. The highest BCUT2D eigenvalue weighted by molar-refractivity contribution is 5.03. The fourth-order valence-electron chi connectivity index (χ4n) is 2.02. The van der Waals surface area contributed by atoms with Crippen LogP contribution in [0.15, 0.2) is 0 Å². The molecule has 0 aromatic carbocycles. The molecule has 0 aromatic rings. The minimum atomic E-state index is -0.388. The molecule has 0 heterocycles. The van der Waals surface area contributed by atoms with E-state index in [0.29, 0.717) is 0 Å². The van der Waals surface area contributed by atoms with Gasteiger partial charge >= 0.3 is 0 Å². The fraction of sp³-hybridized carbons (Fsp3) is 0.938. The zero-order valence-corrected chi connectivity index (χ0v) is 13.1. The lowest BCUT2D eigenvalue weighted by Gasteiger charge is -2.22. The van der Waals surface area contributed by atoms with E-state index in [1.807, 2.05) is 6.92 Å². The van der Waals surface area contributed by atoms with Crippen LogP contribution in [0.25, 0.3) is 0 Å². The third-order valence-corrected chi connectivity index (χ3v) is 3.37. The van der Waals surface area contributed by atoms with Crippen molar-refractivity contribution in [2.75, 3.05) is 19.8 Å². The molecule has 19 heavy (non-hydrogen) atoms. The van der Waals surface area contributed by atoms with Gasteiger partial charge in [-0.3, -0.25) is 5.32 Å². The maximum atomic E-state index is 9.18. The first kappa shape index (κ1) is 18.4. The minimum Gasteiger partial charge on any atom is -0.381 e. The van der Waals surface area contributed by atoms with Crippen LogP contribution < -0.4 is 5.32 Å². The molecule has 0 saturated heterocycles. The number of unbranched alkanes of at least 4 members (excludes halogenated alkanes) is 4. The van der Waals surface area contributed by atoms with Crippen molar-refractivity contribution >= 4 is 0 Å². The molecule has 3 nitrogen and oxygen atoms in total. The lowest BCUT2D eigenvalue weighted by atomic mass is 9.98. The molecule has 0 bridgehead atoms. The molecule has 3 heteroatoms. The smallest absolute Gasteiger partial charge is 0.104 e. The number of nitrogens with zero attached hydrogens (tertiary/aromatic N) is 1. The Bertz CT molecular complexity index is 237. The van der Waals surface area contributed by atoms with Crippen molar-refractivity contribution in [1.82, 2.24) is 5.32 Å². The molecule has 0 radical (unpaired) electrons. The maximum Gasteiger partial charge on any atom is 0.104 e. The second-order valence-corrected chi connectivity index (χ2v) is 5.50. The van der Waals surface area contributed by atoms with E-state index in [1.54, 1.807) is 0 Å². The van der Waals surface area contributed by atoms with E-state index in [4.69, 9.17) is 4.74 Å². The van der Waals surface area contributed by atoms with Crippen LogP contribution in [-0.4, -0.2) is 25.3 Å². The van der Waals surface area contributed by atoms with Gasteiger partial charge in [-0.05, 0) is 39.2 Å². The molecule has 1 atom stereocenters. The van der Waals surface area contributed by atoms with Gasteiger partial charge < -0.3 is 4.74 Å². The SMILES string of the molecule is CCCCCCCOCCCC(C)(C#N)NCCC. The summed E-state index contributed by atoms with van der Waals surface area (Å²) in [5, 5.41) is 12.5. The lowest BCUT2D eigenvalue weighted by molar-refractivity contribution is 0.122. The second-order valence-electron chi connectivity index (χ2n) is 5.50. The van der Waals surface area contributed by atoms with Gasteiger partial charge in [0.25, 0.3) is 0 Å². The molecule has 0 saturated carbocycles. The van der Waals surface area contributed by atoms with Gasteiger partial charge in [-0.2, -0.15) is 5.26 Å². The monoisotopic (exact) mass is 268 g/mol. The van der Waals surface area contributed by atoms with Gasteiger partial charge in [0.2, 0.25) is 0 Å². The number of ether oxygens (including phenoxy) is 1. The molecule has 1 N–H and O–H groups in total. The van der Waals surface area contributed by atoms with E-state index >= 15 is 0 Å². The number of nitriles is 1. The van der Waals surface area contributed by atoms with Crippen LogP contribution in [0, 0.1) is 11.3 Å². The summed E-state index contributed by atoms with van der Waals surface area (Å²) >= 11 is 0. The molecule has 0 fully saturated rings. The molecule has 1 unspecified atom stereocenters. The van der Waals surface area contributed by atoms with E-state index in [0.717, 1.165) is 39.0 Å². The first-order valence-corrected chi connectivity index (χ1v) is 7.92. The Morgan fingerprint density at radius 1 is 1.00 bits per heavy atom. The maximum absolute atomic E-state index is 9.18. The molecule has 0 spiro atoms. The Morgan fingerprint density at radius 3 is 2.32 bits per heavy atom. The van der Waals surface area contributed by atoms with E-state index in [1.165, 1.54) is 32.1 Å². The summed E-state index contributed by atoms with van der Waals surface area (Å²) in [4.78, 5) is 0. The summed E-state index contributed by atoms with van der Waals surface area (Å²) in [6, 6.07) is 2.37. The van der Waals surface area contributed by atoms with Gasteiger partial charge in [-0.25, -0.2) is 0 Å². The second kappa shape index (κ2) is 12.4. The predicted octanol–water partition coefficient (Wildman–Crippen LogP) is 4.04. The summed E-state index contributed by atoms with van der Waals surface area (Å²) < 4.78 is 5.62. The number of hydrogen-bond acceptors (Lipinski definition) is 3. The summed E-state index contributed by atoms with van der Waals surface area (Å²) in [7, 11) is 0. The van der Waals surface area contributed by atoms with Crippen molar-refractivity contribution in [1.29, 1.82) is 5.26 Å². The molecule has 0 rings (SSSR count). The van der Waals surface area contributed by atoms with Gasteiger partial charge in [-0.15, -0.1) is 0 Å². The van der Waals surface area contributed by atoms with Gasteiger partial charge in [0.05, 0.1) is 6.07 Å². The van der Waals surface area contributed by atoms with E-state index in [2.05, 4.69) is 25.2 Å². The van der Waals surface area contributed by atoms with Crippen LogP contribution in [-0.2, 0) is 4.74 Å². The number of nitrogens with one attached hydrogen (secondary N) is 1. The van der Waals surface area contributed by atoms with Crippen LogP contribution in [0.2, 0.25) is 0 Å². The lowest BCUT2D eigenvalue weighted by Crippen LogP contribution is -2.41. The first-order valence-electron chi connectivity index (χ1n) is 7.92. The summed E-state index contributed by atoms with van der Waals surface area (Å²) in [6.45, 7) is 8.88. The average Bonchev–Trinajstić information content (AvgIpc) is 2.43. The van der Waals surface area contributed by atoms with Crippen molar-refractivity contribution in [3.63, 3.8) is 0 Å². The highest BCUT2D eigenvalue weighted by Crippen LogP contribution is 2.11. The zero-order chi connectivity index (χ0) is 14.4. The van der Waals surface area contributed by atoms with Crippen molar-refractivity contribution in [3.8, 4) is 6.07 Å². The van der Waals surface area contributed by atoms with Crippen molar-refractivity contribution in [2.45, 2.75) is 77.7 Å². The standard InChI is InChI=1S/C16H32N2O/c1-4-6-7-8-9-13-19-14-10-11-16(3,15-17)18-12-5-2/h18H,4-14H2,1-3H3. The molecule has 0 aliphatic heterocycles. The topological polar surface area (TPSA) is 45.0 Å². The first-order chi connectivity index (χ1) is 9.18. The summed E-state index contributed by atoms with van der Waals surface area (Å²) in [5.74, 6) is 0. The third kappa shape index (κ3) is 11.0. The zero-order valence-electron chi connectivity index (χ0n) is 13.1. The Labute approximate surface area is 119 Å². The quantitative estimate of drug-likeness (QED) is 0.513. The summed E-state index contributed by atoms with van der Waals surface area (Å²) in [6.07, 6.45) is 9.28. The van der Waals surface area contributed by atoms with Crippen molar-refractivity contribution in [2.24, 2.45) is 0 Å².